The molecule has 104 valence electrons. The van der Waals surface area contributed by atoms with Gasteiger partial charge in [0.05, 0.1) is 6.10 Å². The first-order valence-corrected chi connectivity index (χ1v) is 7.72. The maximum Gasteiger partial charge on any atom is 0.131 e. The molecule has 2 nitrogen and oxygen atoms in total. The number of hydrogen-bond donors (Lipinski definition) is 1. The fourth-order valence-electron chi connectivity index (χ4n) is 2.37. The molecule has 0 amide bonds. The van der Waals surface area contributed by atoms with Gasteiger partial charge in [0.15, 0.2) is 0 Å². The molecular weight excluding hydrogens is 391 g/mol. The third-order valence-electron chi connectivity index (χ3n) is 3.35. The molecule has 1 aliphatic rings. The van der Waals surface area contributed by atoms with Crippen molar-refractivity contribution >= 4 is 31.9 Å². The summed E-state index contributed by atoms with van der Waals surface area (Å²) in [6.07, 6.45) is -0.799. The van der Waals surface area contributed by atoms with Gasteiger partial charge in [0, 0.05) is 26.5 Å². The number of rotatable bonds is 1. The van der Waals surface area contributed by atoms with Gasteiger partial charge in [-0.1, -0.05) is 44.0 Å². The molecule has 1 aliphatic heterocycles. The van der Waals surface area contributed by atoms with Gasteiger partial charge in [-0.15, -0.1) is 0 Å². The van der Waals surface area contributed by atoms with Crippen molar-refractivity contribution in [2.24, 2.45) is 0 Å². The Morgan fingerprint density at radius 2 is 1.70 bits per heavy atom. The van der Waals surface area contributed by atoms with Gasteiger partial charge in [0.25, 0.3) is 0 Å². The lowest BCUT2D eigenvalue weighted by atomic mass is 9.95. The van der Waals surface area contributed by atoms with Crippen molar-refractivity contribution in [3.8, 4) is 5.75 Å². The summed E-state index contributed by atoms with van der Waals surface area (Å²) in [5, 5.41) is 10.2. The Labute approximate surface area is 132 Å². The second-order valence-electron chi connectivity index (χ2n) is 4.71. The monoisotopic (exact) mass is 400 g/mol. The Kier molecular flexibility index (Phi) is 3.84. The lowest BCUT2D eigenvalue weighted by Gasteiger charge is -2.30. The summed E-state index contributed by atoms with van der Waals surface area (Å²) in [5.41, 5.74) is 1.19. The van der Waals surface area contributed by atoms with Crippen LogP contribution < -0.4 is 4.74 Å². The summed E-state index contributed by atoms with van der Waals surface area (Å²) in [4.78, 5) is 0. The van der Waals surface area contributed by atoms with Crippen LogP contribution in [0.4, 0.5) is 4.39 Å². The van der Waals surface area contributed by atoms with E-state index in [1.807, 2.05) is 12.1 Å². The first-order valence-electron chi connectivity index (χ1n) is 6.13. The number of hydrogen-bond acceptors (Lipinski definition) is 2. The molecule has 1 unspecified atom stereocenters. The standard InChI is InChI=1S/C15H11Br2FO2/c16-8-1-3-10(12(18)5-8)15-7-13(19)11-4-2-9(17)6-14(11)20-15/h1-6,13,15,19H,7H2/t13-,15?/m1/s1. The summed E-state index contributed by atoms with van der Waals surface area (Å²) in [6, 6.07) is 10.3. The molecule has 0 fully saturated rings. The van der Waals surface area contributed by atoms with Gasteiger partial charge in [0.2, 0.25) is 0 Å². The van der Waals surface area contributed by atoms with Crippen molar-refractivity contribution in [1.82, 2.24) is 0 Å². The third kappa shape index (κ3) is 2.62. The predicted octanol–water partition coefficient (Wildman–Crippen LogP) is 4.91. The predicted molar refractivity (Wildman–Crippen MR) is 81.2 cm³/mol. The van der Waals surface area contributed by atoms with E-state index in [4.69, 9.17) is 4.74 Å². The van der Waals surface area contributed by atoms with Crippen molar-refractivity contribution in [2.45, 2.75) is 18.6 Å². The molecule has 0 radical (unpaired) electrons. The van der Waals surface area contributed by atoms with E-state index in [1.54, 1.807) is 18.2 Å². The lowest BCUT2D eigenvalue weighted by Crippen LogP contribution is -2.20. The summed E-state index contributed by atoms with van der Waals surface area (Å²) in [5.74, 6) is 0.250. The molecule has 0 aliphatic carbocycles. The Hall–Kier alpha value is -0.910. The molecule has 0 spiro atoms. The molecule has 0 saturated carbocycles. The summed E-state index contributed by atoms with van der Waals surface area (Å²) < 4.78 is 21.4. The number of ether oxygens (including phenoxy) is 1. The van der Waals surface area contributed by atoms with Crippen LogP contribution in [0.2, 0.25) is 0 Å². The Balaban J connectivity index is 1.98. The largest absolute Gasteiger partial charge is 0.485 e. The van der Waals surface area contributed by atoms with Crippen LogP contribution in [0.25, 0.3) is 0 Å². The van der Waals surface area contributed by atoms with Crippen LogP contribution in [-0.2, 0) is 0 Å². The zero-order valence-corrected chi connectivity index (χ0v) is 13.5. The first-order chi connectivity index (χ1) is 9.54. The number of halogens is 3. The molecule has 0 aromatic heterocycles. The zero-order chi connectivity index (χ0) is 14.3. The molecule has 5 heteroatoms. The highest BCUT2D eigenvalue weighted by Gasteiger charge is 2.29. The van der Waals surface area contributed by atoms with Gasteiger partial charge in [-0.3, -0.25) is 0 Å². The Bertz CT molecular complexity index is 660. The van der Waals surface area contributed by atoms with Crippen LogP contribution in [0.15, 0.2) is 45.3 Å². The molecular formula is C15H11Br2FO2. The van der Waals surface area contributed by atoms with E-state index in [9.17, 15) is 9.50 Å². The molecule has 1 heterocycles. The van der Waals surface area contributed by atoms with Crippen molar-refractivity contribution < 1.29 is 14.2 Å². The van der Waals surface area contributed by atoms with Gasteiger partial charge in [-0.25, -0.2) is 4.39 Å². The number of fused-ring (bicyclic) bond motifs is 1. The Morgan fingerprint density at radius 1 is 1.05 bits per heavy atom. The second-order valence-corrected chi connectivity index (χ2v) is 6.54. The van der Waals surface area contributed by atoms with Crippen LogP contribution in [-0.4, -0.2) is 5.11 Å². The van der Waals surface area contributed by atoms with Crippen LogP contribution in [0.1, 0.15) is 29.8 Å². The second kappa shape index (κ2) is 5.47. The van der Waals surface area contributed by atoms with Crippen LogP contribution >= 0.6 is 31.9 Å². The summed E-state index contributed by atoms with van der Waals surface area (Å²) >= 11 is 6.60. The van der Waals surface area contributed by atoms with Crippen LogP contribution in [0, 0.1) is 5.82 Å². The quantitative estimate of drug-likeness (QED) is 0.735. The highest BCUT2D eigenvalue weighted by atomic mass is 79.9. The van der Waals surface area contributed by atoms with E-state index in [0.29, 0.717) is 22.2 Å². The van der Waals surface area contributed by atoms with E-state index in [0.717, 1.165) is 10.0 Å². The molecule has 0 saturated heterocycles. The van der Waals surface area contributed by atoms with Crippen molar-refractivity contribution in [1.29, 1.82) is 0 Å². The fraction of sp³-hybridized carbons (Fsp3) is 0.200. The first kappa shape index (κ1) is 14.0. The Morgan fingerprint density at radius 3 is 2.40 bits per heavy atom. The smallest absolute Gasteiger partial charge is 0.131 e. The molecule has 2 aromatic carbocycles. The third-order valence-corrected chi connectivity index (χ3v) is 4.34. The van der Waals surface area contributed by atoms with Gasteiger partial charge < -0.3 is 9.84 Å². The van der Waals surface area contributed by atoms with Gasteiger partial charge in [-0.2, -0.15) is 0 Å². The topological polar surface area (TPSA) is 29.5 Å². The van der Waals surface area contributed by atoms with E-state index < -0.39 is 12.2 Å². The highest BCUT2D eigenvalue weighted by molar-refractivity contribution is 9.10. The molecule has 0 bridgehead atoms. The molecule has 2 atom stereocenters. The average molecular weight is 402 g/mol. The fourth-order valence-corrected chi connectivity index (χ4v) is 3.04. The van der Waals surface area contributed by atoms with Crippen molar-refractivity contribution in [3.63, 3.8) is 0 Å². The molecule has 3 rings (SSSR count). The van der Waals surface area contributed by atoms with Crippen molar-refractivity contribution in [3.05, 3.63) is 62.3 Å². The minimum atomic E-state index is -0.653. The summed E-state index contributed by atoms with van der Waals surface area (Å²) in [6.45, 7) is 0. The SMILES string of the molecule is O[C@@H]1CC(c2ccc(Br)cc2F)Oc2cc(Br)ccc21. The number of benzene rings is 2. The summed E-state index contributed by atoms with van der Waals surface area (Å²) in [7, 11) is 0. The van der Waals surface area contributed by atoms with Gasteiger partial charge >= 0.3 is 0 Å². The van der Waals surface area contributed by atoms with Gasteiger partial charge in [0.1, 0.15) is 17.7 Å². The number of aliphatic hydroxyl groups excluding tert-OH is 1. The zero-order valence-electron chi connectivity index (χ0n) is 10.3. The molecule has 20 heavy (non-hydrogen) atoms. The van der Waals surface area contributed by atoms with E-state index >= 15 is 0 Å². The maximum absolute atomic E-state index is 14.0. The number of aliphatic hydroxyl groups is 1. The highest BCUT2D eigenvalue weighted by Crippen LogP contribution is 2.42. The normalized spacial score (nSPS) is 21.2. The molecule has 2 aromatic rings. The van der Waals surface area contributed by atoms with Gasteiger partial charge in [-0.05, 0) is 24.3 Å². The minimum Gasteiger partial charge on any atom is -0.485 e. The average Bonchev–Trinajstić information content (AvgIpc) is 2.37. The van der Waals surface area contributed by atoms with E-state index in [-0.39, 0.29) is 5.82 Å². The maximum atomic E-state index is 14.0. The van der Waals surface area contributed by atoms with E-state index in [1.165, 1.54) is 6.07 Å². The lowest BCUT2D eigenvalue weighted by molar-refractivity contribution is 0.0639. The van der Waals surface area contributed by atoms with Crippen LogP contribution in [0.3, 0.4) is 0 Å². The molecule has 1 N–H and O–H groups in total. The van der Waals surface area contributed by atoms with Crippen molar-refractivity contribution in [2.75, 3.05) is 0 Å². The van der Waals surface area contributed by atoms with Crippen LogP contribution in [0.5, 0.6) is 5.75 Å². The van der Waals surface area contributed by atoms with E-state index in [2.05, 4.69) is 31.9 Å². The minimum absolute atomic E-state index is 0.338.